The normalized spacial score (nSPS) is 14.5. The second kappa shape index (κ2) is 10.3. The van der Waals surface area contributed by atoms with Crippen molar-refractivity contribution in [2.24, 2.45) is 0 Å². The number of carboxylic acids is 1. The largest absolute Gasteiger partial charge is 0.478 e. The van der Waals surface area contributed by atoms with E-state index in [1.54, 1.807) is 10.8 Å². The smallest absolute Gasteiger partial charge is 0.335 e. The van der Waals surface area contributed by atoms with Crippen LogP contribution in [-0.4, -0.2) is 38.5 Å². The molecule has 194 valence electrons. The van der Waals surface area contributed by atoms with Crippen LogP contribution in [0.4, 0.5) is 11.4 Å². The molecule has 3 amide bonds. The summed E-state index contributed by atoms with van der Waals surface area (Å²) in [6, 6.07) is 20.4. The number of amides is 3. The molecule has 0 saturated carbocycles. The second-order valence-corrected chi connectivity index (χ2v) is 9.34. The molecular weight excluding hydrogens is 516 g/mol. The number of aryl methyl sites for hydroxylation is 1. The molecule has 0 atom stereocenters. The molecule has 4 aromatic rings. The van der Waals surface area contributed by atoms with Gasteiger partial charge in [-0.25, -0.2) is 4.79 Å². The van der Waals surface area contributed by atoms with Crippen LogP contribution < -0.4 is 15.5 Å². The van der Waals surface area contributed by atoms with Crippen LogP contribution in [0.15, 0.2) is 84.6 Å². The highest BCUT2D eigenvalue weighted by atomic mass is 32.1. The van der Waals surface area contributed by atoms with Gasteiger partial charge in [-0.15, -0.1) is 0 Å². The molecule has 3 aromatic carbocycles. The number of carbonyl (C=O) groups is 4. The lowest BCUT2D eigenvalue weighted by Gasteiger charge is -2.28. The van der Waals surface area contributed by atoms with Crippen LogP contribution in [0.5, 0.6) is 0 Å². The first kappa shape index (κ1) is 25.6. The molecule has 9 nitrogen and oxygen atoms in total. The van der Waals surface area contributed by atoms with Crippen molar-refractivity contribution < 1.29 is 24.3 Å². The van der Waals surface area contributed by atoms with E-state index in [0.29, 0.717) is 16.9 Å². The maximum atomic E-state index is 13.4. The van der Waals surface area contributed by atoms with Crippen molar-refractivity contribution in [2.75, 3.05) is 10.2 Å². The summed E-state index contributed by atoms with van der Waals surface area (Å²) in [5, 5.41) is 15.2. The molecule has 0 aliphatic carbocycles. The first-order valence-electron chi connectivity index (χ1n) is 11.9. The van der Waals surface area contributed by atoms with E-state index in [4.69, 9.17) is 17.3 Å². The van der Waals surface area contributed by atoms with E-state index in [9.17, 15) is 19.2 Å². The molecule has 3 N–H and O–H groups in total. The molecule has 5 rings (SSSR count). The minimum absolute atomic E-state index is 0.0177. The average molecular weight is 539 g/mol. The Labute approximate surface area is 228 Å². The van der Waals surface area contributed by atoms with Gasteiger partial charge in [-0.1, -0.05) is 35.9 Å². The number of carboxylic acid groups (broad SMARTS) is 1. The van der Waals surface area contributed by atoms with Crippen molar-refractivity contribution >= 4 is 69.4 Å². The van der Waals surface area contributed by atoms with Gasteiger partial charge in [0.15, 0.2) is 5.11 Å². The molecule has 1 aromatic heterocycles. The van der Waals surface area contributed by atoms with E-state index in [2.05, 4.69) is 10.6 Å². The number of thiocarbonyl (C=S) groups is 1. The van der Waals surface area contributed by atoms with Gasteiger partial charge in [0, 0.05) is 28.4 Å². The number of fused-ring (bicyclic) bond motifs is 1. The van der Waals surface area contributed by atoms with Crippen LogP contribution in [0.3, 0.4) is 0 Å². The highest BCUT2D eigenvalue weighted by Gasteiger charge is 2.34. The number of nitrogens with zero attached hydrogens (tertiary/aromatic N) is 2. The quantitative estimate of drug-likeness (QED) is 0.193. The van der Waals surface area contributed by atoms with E-state index in [1.807, 2.05) is 55.5 Å². The highest BCUT2D eigenvalue weighted by molar-refractivity contribution is 7.80. The topological polar surface area (TPSA) is 121 Å². The van der Waals surface area contributed by atoms with E-state index >= 15 is 0 Å². The predicted molar refractivity (Wildman–Crippen MR) is 151 cm³/mol. The van der Waals surface area contributed by atoms with Gasteiger partial charge in [0.1, 0.15) is 12.1 Å². The number of hydrogen-bond donors (Lipinski definition) is 3. The van der Waals surface area contributed by atoms with E-state index in [1.165, 1.54) is 30.3 Å². The molecule has 1 aliphatic heterocycles. The predicted octanol–water partition coefficient (Wildman–Crippen LogP) is 4.12. The molecule has 10 heteroatoms. The van der Waals surface area contributed by atoms with Crippen molar-refractivity contribution in [3.05, 3.63) is 101 Å². The first-order valence-corrected chi connectivity index (χ1v) is 12.3. The summed E-state index contributed by atoms with van der Waals surface area (Å²) in [5.41, 5.74) is 3.30. The molecule has 2 heterocycles. The van der Waals surface area contributed by atoms with Crippen LogP contribution in [0.2, 0.25) is 0 Å². The van der Waals surface area contributed by atoms with Crippen molar-refractivity contribution in [1.29, 1.82) is 0 Å². The molecule has 1 fully saturated rings. The lowest BCUT2D eigenvalue weighted by Crippen LogP contribution is -2.54. The molecule has 1 aliphatic rings. The highest BCUT2D eigenvalue weighted by Crippen LogP contribution is 2.27. The van der Waals surface area contributed by atoms with Gasteiger partial charge in [0.25, 0.3) is 11.8 Å². The molecule has 0 spiro atoms. The molecule has 0 radical (unpaired) electrons. The Morgan fingerprint density at radius 3 is 2.38 bits per heavy atom. The van der Waals surface area contributed by atoms with Gasteiger partial charge in [-0.2, -0.15) is 0 Å². The van der Waals surface area contributed by atoms with Gasteiger partial charge in [0.2, 0.25) is 5.91 Å². The Bertz CT molecular complexity index is 1690. The summed E-state index contributed by atoms with van der Waals surface area (Å²) in [6.45, 7) is 1.98. The van der Waals surface area contributed by atoms with E-state index in [0.717, 1.165) is 21.4 Å². The fraction of sp³-hybridized carbons (Fsp3) is 0.0690. The number of aromatic carboxylic acids is 1. The number of aromatic nitrogens is 1. The third-order valence-electron chi connectivity index (χ3n) is 6.24. The maximum absolute atomic E-state index is 13.4. The summed E-state index contributed by atoms with van der Waals surface area (Å²) < 4.78 is 1.75. The fourth-order valence-electron chi connectivity index (χ4n) is 4.31. The zero-order chi connectivity index (χ0) is 27.7. The minimum Gasteiger partial charge on any atom is -0.478 e. The van der Waals surface area contributed by atoms with Gasteiger partial charge in [-0.05, 0) is 67.7 Å². The minimum atomic E-state index is -1.10. The summed E-state index contributed by atoms with van der Waals surface area (Å²) >= 11 is 5.24. The Morgan fingerprint density at radius 1 is 1.00 bits per heavy atom. The summed E-state index contributed by atoms with van der Waals surface area (Å²) in [7, 11) is 0. The lowest BCUT2D eigenvalue weighted by atomic mass is 10.1. The standard InChI is InChI=1S/C29H22N4O5S/c1-17-6-10-20(11-7-17)30-25(34)16-32-15-19(22-4-2-3-5-24(22)32)14-23-26(35)31-29(39)33(27(23)36)21-12-8-18(9-13-21)28(37)38/h2-15H,16H2,1H3,(H,30,34)(H,37,38)(H,31,35,39). The third kappa shape index (κ3) is 5.18. The molecule has 39 heavy (non-hydrogen) atoms. The van der Waals surface area contributed by atoms with Gasteiger partial charge in [-0.3, -0.25) is 24.6 Å². The number of hydrogen-bond acceptors (Lipinski definition) is 5. The first-order chi connectivity index (χ1) is 18.7. The van der Waals surface area contributed by atoms with Crippen LogP contribution in [-0.2, 0) is 20.9 Å². The number of para-hydroxylation sites is 1. The monoisotopic (exact) mass is 538 g/mol. The number of rotatable bonds is 6. The summed E-state index contributed by atoms with van der Waals surface area (Å²) in [5.74, 6) is -2.64. The van der Waals surface area contributed by atoms with Crippen molar-refractivity contribution in [3.8, 4) is 0 Å². The zero-order valence-corrected chi connectivity index (χ0v) is 21.5. The van der Waals surface area contributed by atoms with Crippen LogP contribution in [0, 0.1) is 6.92 Å². The number of nitrogens with one attached hydrogen (secondary N) is 2. The molecule has 1 saturated heterocycles. The Kier molecular flexibility index (Phi) is 6.78. The van der Waals surface area contributed by atoms with Crippen molar-refractivity contribution in [3.63, 3.8) is 0 Å². The van der Waals surface area contributed by atoms with Crippen molar-refractivity contribution in [1.82, 2.24) is 9.88 Å². The Balaban J connectivity index is 1.46. The SMILES string of the molecule is Cc1ccc(NC(=O)Cn2cc(C=C3C(=O)NC(=S)N(c4ccc(C(=O)O)cc4)C3=O)c3ccccc32)cc1. The maximum Gasteiger partial charge on any atom is 0.335 e. The number of benzene rings is 3. The average Bonchev–Trinajstić information content (AvgIpc) is 3.25. The number of carbonyl (C=O) groups excluding carboxylic acids is 3. The van der Waals surface area contributed by atoms with Gasteiger partial charge < -0.3 is 15.0 Å². The number of anilines is 2. The van der Waals surface area contributed by atoms with Gasteiger partial charge in [0.05, 0.1) is 11.3 Å². The van der Waals surface area contributed by atoms with Crippen LogP contribution >= 0.6 is 12.2 Å². The van der Waals surface area contributed by atoms with Crippen molar-refractivity contribution in [2.45, 2.75) is 13.5 Å². The molecular formula is C29H22N4O5S. The lowest BCUT2D eigenvalue weighted by molar-refractivity contribution is -0.122. The van der Waals surface area contributed by atoms with Gasteiger partial charge >= 0.3 is 5.97 Å². The van der Waals surface area contributed by atoms with Crippen LogP contribution in [0.25, 0.3) is 17.0 Å². The fourth-order valence-corrected chi connectivity index (χ4v) is 4.59. The van der Waals surface area contributed by atoms with E-state index < -0.39 is 17.8 Å². The second-order valence-electron chi connectivity index (χ2n) is 8.95. The summed E-state index contributed by atoms with van der Waals surface area (Å²) in [6.07, 6.45) is 3.18. The zero-order valence-electron chi connectivity index (χ0n) is 20.7. The Morgan fingerprint density at radius 2 is 1.69 bits per heavy atom. The van der Waals surface area contributed by atoms with E-state index in [-0.39, 0.29) is 28.7 Å². The Hall–Kier alpha value is -5.09. The molecule has 0 unspecified atom stereocenters. The summed E-state index contributed by atoms with van der Waals surface area (Å²) in [4.78, 5) is 51.4. The molecule has 0 bridgehead atoms. The third-order valence-corrected chi connectivity index (χ3v) is 6.53. The van der Waals surface area contributed by atoms with Crippen LogP contribution in [0.1, 0.15) is 21.5 Å².